The van der Waals surface area contributed by atoms with Gasteiger partial charge in [-0.1, -0.05) is 27.5 Å². The van der Waals surface area contributed by atoms with Crippen LogP contribution in [-0.4, -0.2) is 29.9 Å². The summed E-state index contributed by atoms with van der Waals surface area (Å²) in [4.78, 5) is 14.0. The molecule has 1 aliphatic heterocycles. The van der Waals surface area contributed by atoms with Gasteiger partial charge in [0.15, 0.2) is 0 Å². The first-order chi connectivity index (χ1) is 9.06. The summed E-state index contributed by atoms with van der Waals surface area (Å²) in [5, 5.41) is 0.703. The molecule has 104 valence electrons. The first-order valence-corrected chi connectivity index (χ1v) is 7.70. The van der Waals surface area contributed by atoms with Gasteiger partial charge in [0.25, 0.3) is 0 Å². The van der Waals surface area contributed by atoms with E-state index in [0.717, 1.165) is 36.0 Å². The minimum atomic E-state index is 0.207. The molecule has 0 aromatic heterocycles. The van der Waals surface area contributed by atoms with Gasteiger partial charge in [0.05, 0.1) is 0 Å². The highest BCUT2D eigenvalue weighted by Crippen LogP contribution is 2.23. The van der Waals surface area contributed by atoms with E-state index >= 15 is 0 Å². The van der Waals surface area contributed by atoms with Gasteiger partial charge in [0.1, 0.15) is 0 Å². The number of nitrogens with two attached hydrogens (primary N) is 1. The number of aryl methyl sites for hydroxylation is 1. The van der Waals surface area contributed by atoms with E-state index in [2.05, 4.69) is 15.9 Å². The number of carbonyl (C=O) groups is 1. The van der Waals surface area contributed by atoms with Crippen molar-refractivity contribution < 1.29 is 4.79 Å². The molecule has 1 aromatic carbocycles. The Kier molecular flexibility index (Phi) is 5.25. The van der Waals surface area contributed by atoms with Crippen LogP contribution in [0, 0.1) is 0 Å². The normalized spacial score (nSPS) is 16.7. The smallest absolute Gasteiger partial charge is 0.222 e. The monoisotopic (exact) mass is 344 g/mol. The minimum Gasteiger partial charge on any atom is -0.343 e. The molecule has 19 heavy (non-hydrogen) atoms. The van der Waals surface area contributed by atoms with Gasteiger partial charge in [-0.05, 0) is 43.0 Å². The lowest BCUT2D eigenvalue weighted by Gasteiger charge is -2.30. The van der Waals surface area contributed by atoms with E-state index in [1.807, 2.05) is 23.1 Å². The largest absolute Gasteiger partial charge is 0.343 e. The molecule has 1 aliphatic rings. The maximum absolute atomic E-state index is 12.1. The third kappa shape index (κ3) is 4.20. The van der Waals surface area contributed by atoms with Crippen molar-refractivity contribution in [2.24, 2.45) is 5.73 Å². The summed E-state index contributed by atoms with van der Waals surface area (Å²) in [5.74, 6) is 0.207. The summed E-state index contributed by atoms with van der Waals surface area (Å²) in [6.45, 7) is 1.58. The van der Waals surface area contributed by atoms with Crippen LogP contribution < -0.4 is 5.73 Å². The number of hydrogen-bond acceptors (Lipinski definition) is 2. The maximum Gasteiger partial charge on any atom is 0.222 e. The van der Waals surface area contributed by atoms with Crippen molar-refractivity contribution in [1.29, 1.82) is 0 Å². The lowest BCUT2D eigenvalue weighted by atomic mass is 10.0. The van der Waals surface area contributed by atoms with Crippen LogP contribution >= 0.6 is 27.5 Å². The van der Waals surface area contributed by atoms with Crippen LogP contribution in [0.15, 0.2) is 22.7 Å². The van der Waals surface area contributed by atoms with E-state index in [1.54, 1.807) is 0 Å². The van der Waals surface area contributed by atoms with Gasteiger partial charge in [-0.15, -0.1) is 0 Å². The third-order valence-corrected chi connectivity index (χ3v) is 4.52. The highest BCUT2D eigenvalue weighted by molar-refractivity contribution is 9.10. The van der Waals surface area contributed by atoms with E-state index in [0.29, 0.717) is 17.9 Å². The molecule has 1 saturated heterocycles. The second kappa shape index (κ2) is 6.73. The van der Waals surface area contributed by atoms with Crippen LogP contribution in [-0.2, 0) is 11.2 Å². The van der Waals surface area contributed by atoms with Crippen molar-refractivity contribution in [2.75, 3.05) is 13.1 Å². The molecule has 1 aromatic rings. The molecule has 0 radical (unpaired) electrons. The predicted molar refractivity (Wildman–Crippen MR) is 81.3 cm³/mol. The Balaban J connectivity index is 1.88. The summed E-state index contributed by atoms with van der Waals surface area (Å²) in [6.07, 6.45) is 3.05. The van der Waals surface area contributed by atoms with Gasteiger partial charge in [0, 0.05) is 35.0 Å². The molecular formula is C14H18BrClN2O. The fraction of sp³-hybridized carbons (Fsp3) is 0.500. The van der Waals surface area contributed by atoms with Gasteiger partial charge >= 0.3 is 0 Å². The zero-order valence-corrected chi connectivity index (χ0v) is 13.1. The van der Waals surface area contributed by atoms with E-state index in [9.17, 15) is 4.79 Å². The summed E-state index contributed by atoms with van der Waals surface area (Å²) >= 11 is 9.45. The number of benzene rings is 1. The Labute approximate surface area is 127 Å². The number of carbonyl (C=O) groups excluding carboxylic acids is 1. The number of amides is 1. The van der Waals surface area contributed by atoms with Gasteiger partial charge in [-0.3, -0.25) is 4.79 Å². The minimum absolute atomic E-state index is 0.207. The summed E-state index contributed by atoms with van der Waals surface area (Å²) < 4.78 is 1.00. The van der Waals surface area contributed by atoms with E-state index in [4.69, 9.17) is 17.3 Å². The molecule has 5 heteroatoms. The predicted octanol–water partition coefficient (Wildman–Crippen LogP) is 2.98. The van der Waals surface area contributed by atoms with Crippen LogP contribution in [0.2, 0.25) is 5.02 Å². The highest BCUT2D eigenvalue weighted by Gasteiger charge is 2.20. The maximum atomic E-state index is 12.1. The topological polar surface area (TPSA) is 46.3 Å². The standard InChI is InChI=1S/C14H18BrClN2O/c15-13-3-2-11(16)9-10(13)1-4-14(19)18-7-5-12(17)6-8-18/h2-3,9,12H,1,4-8,17H2. The molecule has 2 N–H and O–H groups in total. The van der Waals surface area contributed by atoms with Gasteiger partial charge < -0.3 is 10.6 Å². The molecule has 0 unspecified atom stereocenters. The van der Waals surface area contributed by atoms with Crippen LogP contribution in [0.5, 0.6) is 0 Å². The van der Waals surface area contributed by atoms with Gasteiger partial charge in [-0.2, -0.15) is 0 Å². The molecule has 0 atom stereocenters. The molecule has 0 bridgehead atoms. The SMILES string of the molecule is NC1CCN(C(=O)CCc2cc(Cl)ccc2Br)CC1. The average Bonchev–Trinajstić information content (AvgIpc) is 2.40. The number of nitrogens with zero attached hydrogens (tertiary/aromatic N) is 1. The van der Waals surface area contributed by atoms with Crippen molar-refractivity contribution in [2.45, 2.75) is 31.7 Å². The van der Waals surface area contributed by atoms with Crippen LogP contribution in [0.3, 0.4) is 0 Å². The number of hydrogen-bond donors (Lipinski definition) is 1. The molecule has 0 aliphatic carbocycles. The summed E-state index contributed by atoms with van der Waals surface area (Å²) in [6, 6.07) is 5.92. The summed E-state index contributed by atoms with van der Waals surface area (Å²) in [5.41, 5.74) is 6.92. The quantitative estimate of drug-likeness (QED) is 0.915. The molecule has 1 heterocycles. The lowest BCUT2D eigenvalue weighted by Crippen LogP contribution is -2.42. The number of likely N-dealkylation sites (tertiary alicyclic amines) is 1. The Morgan fingerprint density at radius 3 is 2.79 bits per heavy atom. The average molecular weight is 346 g/mol. The van der Waals surface area contributed by atoms with Crippen molar-refractivity contribution in [3.05, 3.63) is 33.3 Å². The van der Waals surface area contributed by atoms with E-state index in [-0.39, 0.29) is 11.9 Å². The van der Waals surface area contributed by atoms with Crippen LogP contribution in [0.4, 0.5) is 0 Å². The van der Waals surface area contributed by atoms with Crippen molar-refractivity contribution in [3.8, 4) is 0 Å². The lowest BCUT2D eigenvalue weighted by molar-refractivity contribution is -0.132. The molecule has 1 amide bonds. The number of piperidine rings is 1. The van der Waals surface area contributed by atoms with Crippen molar-refractivity contribution in [1.82, 2.24) is 4.90 Å². The molecule has 3 nitrogen and oxygen atoms in total. The Morgan fingerprint density at radius 1 is 1.42 bits per heavy atom. The molecular weight excluding hydrogens is 328 g/mol. The number of rotatable bonds is 3. The third-order valence-electron chi connectivity index (χ3n) is 3.51. The Bertz CT molecular complexity index is 459. The second-order valence-corrected chi connectivity index (χ2v) is 6.24. The van der Waals surface area contributed by atoms with E-state index < -0.39 is 0 Å². The van der Waals surface area contributed by atoms with E-state index in [1.165, 1.54) is 0 Å². The first kappa shape index (κ1) is 14.8. The molecule has 0 saturated carbocycles. The molecule has 2 rings (SSSR count). The van der Waals surface area contributed by atoms with Gasteiger partial charge in [-0.25, -0.2) is 0 Å². The Morgan fingerprint density at radius 2 is 2.11 bits per heavy atom. The van der Waals surface area contributed by atoms with Crippen molar-refractivity contribution in [3.63, 3.8) is 0 Å². The zero-order valence-electron chi connectivity index (χ0n) is 10.7. The molecule has 0 spiro atoms. The molecule has 1 fully saturated rings. The summed E-state index contributed by atoms with van der Waals surface area (Å²) in [7, 11) is 0. The first-order valence-electron chi connectivity index (χ1n) is 6.53. The van der Waals surface area contributed by atoms with Gasteiger partial charge in [0.2, 0.25) is 5.91 Å². The fourth-order valence-corrected chi connectivity index (χ4v) is 2.92. The number of halogens is 2. The second-order valence-electron chi connectivity index (χ2n) is 4.95. The van der Waals surface area contributed by atoms with Crippen LogP contribution in [0.25, 0.3) is 0 Å². The Hall–Kier alpha value is -0.580. The zero-order chi connectivity index (χ0) is 13.8. The fourth-order valence-electron chi connectivity index (χ4n) is 2.28. The highest BCUT2D eigenvalue weighted by atomic mass is 79.9. The van der Waals surface area contributed by atoms with Crippen LogP contribution in [0.1, 0.15) is 24.8 Å². The van der Waals surface area contributed by atoms with Crippen molar-refractivity contribution >= 4 is 33.4 Å².